The van der Waals surface area contributed by atoms with Gasteiger partial charge in [0.25, 0.3) is 0 Å². The van der Waals surface area contributed by atoms with Crippen LogP contribution in [0.25, 0.3) is 0 Å². The van der Waals surface area contributed by atoms with Crippen molar-refractivity contribution in [3.8, 4) is 0 Å². The van der Waals surface area contributed by atoms with Gasteiger partial charge in [-0.15, -0.1) is 0 Å². The zero-order valence-corrected chi connectivity index (χ0v) is 8.68. The molecule has 15 heavy (non-hydrogen) atoms. The Morgan fingerprint density at radius 3 is 2.87 bits per heavy atom. The Bertz CT molecular complexity index is 365. The van der Waals surface area contributed by atoms with Crippen LogP contribution >= 0.6 is 0 Å². The van der Waals surface area contributed by atoms with E-state index >= 15 is 0 Å². The molecule has 1 aromatic heterocycles. The van der Waals surface area contributed by atoms with Gasteiger partial charge in [-0.3, -0.25) is 0 Å². The first-order valence-corrected chi connectivity index (χ1v) is 5.49. The van der Waals surface area contributed by atoms with Crippen LogP contribution in [0.2, 0.25) is 0 Å². The highest BCUT2D eigenvalue weighted by Gasteiger charge is 2.39. The van der Waals surface area contributed by atoms with Crippen LogP contribution in [0, 0.1) is 5.92 Å². The molecular formula is C10H15N3O2. The maximum atomic E-state index is 9.38. The van der Waals surface area contributed by atoms with Crippen LogP contribution in [0.1, 0.15) is 43.4 Å². The molecule has 1 aliphatic carbocycles. The molecule has 2 fully saturated rings. The Morgan fingerprint density at radius 2 is 2.27 bits per heavy atom. The highest BCUT2D eigenvalue weighted by atomic mass is 16.5. The first kappa shape index (κ1) is 9.30. The van der Waals surface area contributed by atoms with E-state index in [4.69, 9.17) is 4.52 Å². The van der Waals surface area contributed by atoms with Gasteiger partial charge in [-0.05, 0) is 18.8 Å². The SMILES string of the molecule is CC1CC1c1noc([C@H]2C[C@H](O)CN2)n1. The van der Waals surface area contributed by atoms with Gasteiger partial charge in [-0.25, -0.2) is 0 Å². The summed E-state index contributed by atoms with van der Waals surface area (Å²) >= 11 is 0. The second-order valence-electron chi connectivity index (χ2n) is 4.66. The van der Waals surface area contributed by atoms with Gasteiger partial charge < -0.3 is 14.9 Å². The second kappa shape index (κ2) is 3.28. The second-order valence-corrected chi connectivity index (χ2v) is 4.66. The van der Waals surface area contributed by atoms with Gasteiger partial charge in [0, 0.05) is 12.5 Å². The largest absolute Gasteiger partial charge is 0.392 e. The molecule has 0 aromatic carbocycles. The summed E-state index contributed by atoms with van der Waals surface area (Å²) in [6.07, 6.45) is 1.55. The van der Waals surface area contributed by atoms with E-state index < -0.39 is 0 Å². The van der Waals surface area contributed by atoms with Crippen molar-refractivity contribution in [2.75, 3.05) is 6.54 Å². The van der Waals surface area contributed by atoms with E-state index in [1.54, 1.807) is 0 Å². The average molecular weight is 209 g/mol. The molecule has 0 radical (unpaired) electrons. The fourth-order valence-corrected chi connectivity index (χ4v) is 2.13. The predicted octanol–water partition coefficient (Wildman–Crippen LogP) is 0.588. The number of nitrogens with zero attached hydrogens (tertiary/aromatic N) is 2. The molecule has 1 saturated carbocycles. The van der Waals surface area contributed by atoms with Gasteiger partial charge in [-0.2, -0.15) is 4.98 Å². The normalized spacial score (nSPS) is 39.6. The monoisotopic (exact) mass is 209 g/mol. The molecule has 0 spiro atoms. The maximum absolute atomic E-state index is 9.38. The summed E-state index contributed by atoms with van der Waals surface area (Å²) in [6, 6.07) is 0.0373. The third kappa shape index (κ3) is 1.66. The minimum Gasteiger partial charge on any atom is -0.392 e. The molecule has 1 aliphatic heterocycles. The van der Waals surface area contributed by atoms with Crippen LogP contribution in [0.15, 0.2) is 4.52 Å². The number of aliphatic hydroxyl groups is 1. The molecule has 2 aliphatic rings. The van der Waals surface area contributed by atoms with Gasteiger partial charge in [0.1, 0.15) is 0 Å². The Kier molecular flexibility index (Phi) is 2.03. The quantitative estimate of drug-likeness (QED) is 0.745. The van der Waals surface area contributed by atoms with Gasteiger partial charge in [-0.1, -0.05) is 12.1 Å². The topological polar surface area (TPSA) is 71.2 Å². The van der Waals surface area contributed by atoms with Crippen molar-refractivity contribution in [1.29, 1.82) is 0 Å². The molecule has 3 rings (SSSR count). The van der Waals surface area contributed by atoms with E-state index in [1.807, 2.05) is 0 Å². The zero-order valence-electron chi connectivity index (χ0n) is 8.68. The van der Waals surface area contributed by atoms with Crippen LogP contribution in [0.3, 0.4) is 0 Å². The van der Waals surface area contributed by atoms with Crippen LogP contribution in [-0.4, -0.2) is 27.9 Å². The van der Waals surface area contributed by atoms with Crippen LogP contribution in [-0.2, 0) is 0 Å². The van der Waals surface area contributed by atoms with E-state index in [2.05, 4.69) is 22.4 Å². The summed E-state index contributed by atoms with van der Waals surface area (Å²) in [6.45, 7) is 2.81. The van der Waals surface area contributed by atoms with Crippen molar-refractivity contribution in [2.45, 2.75) is 37.8 Å². The van der Waals surface area contributed by atoms with Crippen molar-refractivity contribution in [3.05, 3.63) is 11.7 Å². The molecule has 0 bridgehead atoms. The molecule has 2 unspecified atom stereocenters. The van der Waals surface area contributed by atoms with Crippen molar-refractivity contribution in [2.24, 2.45) is 5.92 Å². The third-order valence-electron chi connectivity index (χ3n) is 3.30. The van der Waals surface area contributed by atoms with Crippen molar-refractivity contribution in [1.82, 2.24) is 15.5 Å². The van der Waals surface area contributed by atoms with E-state index in [0.717, 1.165) is 5.82 Å². The molecule has 2 N–H and O–H groups in total. The molecule has 4 atom stereocenters. The summed E-state index contributed by atoms with van der Waals surface area (Å²) in [5.41, 5.74) is 0. The molecule has 0 amide bonds. The Balaban J connectivity index is 1.73. The lowest BCUT2D eigenvalue weighted by atomic mass is 10.2. The number of hydrogen-bond acceptors (Lipinski definition) is 5. The lowest BCUT2D eigenvalue weighted by molar-refractivity contribution is 0.191. The van der Waals surface area contributed by atoms with Crippen molar-refractivity contribution in [3.63, 3.8) is 0 Å². The van der Waals surface area contributed by atoms with E-state index in [-0.39, 0.29) is 12.1 Å². The molecule has 82 valence electrons. The third-order valence-corrected chi connectivity index (χ3v) is 3.30. The summed E-state index contributed by atoms with van der Waals surface area (Å²) in [7, 11) is 0. The molecule has 1 aromatic rings. The lowest BCUT2D eigenvalue weighted by Gasteiger charge is -2.01. The van der Waals surface area contributed by atoms with Crippen LogP contribution in [0.4, 0.5) is 0 Å². The zero-order chi connectivity index (χ0) is 10.4. The van der Waals surface area contributed by atoms with Gasteiger partial charge >= 0.3 is 0 Å². The number of β-amino-alcohol motifs (C(OH)–C–C–N with tert-alkyl or cyclic N) is 1. The first-order valence-electron chi connectivity index (χ1n) is 5.49. The average Bonchev–Trinajstić information content (AvgIpc) is 2.71. The highest BCUT2D eigenvalue weighted by Crippen LogP contribution is 2.45. The summed E-state index contributed by atoms with van der Waals surface area (Å²) in [4.78, 5) is 4.39. The number of hydrogen-bond donors (Lipinski definition) is 2. The maximum Gasteiger partial charge on any atom is 0.243 e. The molecular weight excluding hydrogens is 194 g/mol. The Morgan fingerprint density at radius 1 is 1.47 bits per heavy atom. The van der Waals surface area contributed by atoms with E-state index in [1.165, 1.54) is 6.42 Å². The highest BCUT2D eigenvalue weighted by molar-refractivity contribution is 5.09. The Labute approximate surface area is 87.9 Å². The number of aromatic nitrogens is 2. The fraction of sp³-hybridized carbons (Fsp3) is 0.800. The molecule has 5 heteroatoms. The standard InChI is InChI=1S/C10H15N3O2/c1-5-2-7(5)9-12-10(15-13-9)8-3-6(14)4-11-8/h5-8,11,14H,2-4H2,1H3/t5?,6-,7?,8+/m0/s1. The number of nitrogens with one attached hydrogen (secondary N) is 1. The molecule has 2 heterocycles. The molecule has 1 saturated heterocycles. The van der Waals surface area contributed by atoms with Crippen molar-refractivity contribution < 1.29 is 9.63 Å². The first-order chi connectivity index (χ1) is 7.24. The van der Waals surface area contributed by atoms with Gasteiger partial charge in [0.15, 0.2) is 5.82 Å². The Hall–Kier alpha value is -0.940. The minimum atomic E-state index is -0.287. The van der Waals surface area contributed by atoms with Gasteiger partial charge in [0.2, 0.25) is 5.89 Å². The summed E-state index contributed by atoms with van der Waals surface area (Å²) in [5.74, 6) is 2.65. The van der Waals surface area contributed by atoms with Crippen LogP contribution in [0.5, 0.6) is 0 Å². The van der Waals surface area contributed by atoms with E-state index in [9.17, 15) is 5.11 Å². The molecule has 5 nitrogen and oxygen atoms in total. The van der Waals surface area contributed by atoms with Gasteiger partial charge in [0.05, 0.1) is 12.1 Å². The number of aliphatic hydroxyl groups excluding tert-OH is 1. The van der Waals surface area contributed by atoms with Crippen molar-refractivity contribution >= 4 is 0 Å². The fourth-order valence-electron chi connectivity index (χ4n) is 2.13. The summed E-state index contributed by atoms with van der Waals surface area (Å²) < 4.78 is 5.21. The predicted molar refractivity (Wildman–Crippen MR) is 52.2 cm³/mol. The minimum absolute atomic E-state index is 0.0373. The smallest absolute Gasteiger partial charge is 0.243 e. The summed E-state index contributed by atoms with van der Waals surface area (Å²) in [5, 5.41) is 16.5. The van der Waals surface area contributed by atoms with E-state index in [0.29, 0.717) is 30.7 Å². The number of rotatable bonds is 2. The lowest BCUT2D eigenvalue weighted by Crippen LogP contribution is -2.15. The van der Waals surface area contributed by atoms with Crippen LogP contribution < -0.4 is 5.32 Å².